The molecule has 3 nitrogen and oxygen atoms in total. The van der Waals surface area contributed by atoms with Crippen molar-refractivity contribution in [2.45, 2.75) is 26.7 Å². The molecule has 0 aliphatic rings. The molecule has 132 valence electrons. The molecule has 0 aromatic heterocycles. The lowest BCUT2D eigenvalue weighted by Gasteiger charge is -2.09. The minimum Gasteiger partial charge on any atom is -0.462 e. The first-order chi connectivity index (χ1) is 12.0. The number of rotatable bonds is 6. The number of carbonyl (C=O) groups excluding carboxylic acids is 1. The summed E-state index contributed by atoms with van der Waals surface area (Å²) >= 11 is 0. The summed E-state index contributed by atoms with van der Waals surface area (Å²) in [6.07, 6.45) is 4.17. The summed E-state index contributed by atoms with van der Waals surface area (Å²) in [6, 6.07) is 6.24. The average Bonchev–Trinajstić information content (AvgIpc) is 2.58. The molecule has 0 aliphatic heterocycles. The Kier molecular flexibility index (Phi) is 6.22. The minimum atomic E-state index is -1.39. The van der Waals surface area contributed by atoms with Gasteiger partial charge in [-0.1, -0.05) is 25.5 Å². The van der Waals surface area contributed by atoms with E-state index in [1.165, 1.54) is 24.5 Å². The van der Waals surface area contributed by atoms with Crippen LogP contribution in [0.1, 0.15) is 36.2 Å². The molecule has 0 unspecified atom stereocenters. The zero-order valence-corrected chi connectivity index (χ0v) is 13.8. The maximum atomic E-state index is 14.0. The summed E-state index contributed by atoms with van der Waals surface area (Å²) in [6.45, 7) is 3.59. The summed E-state index contributed by atoms with van der Waals surface area (Å²) in [5.74, 6) is -5.58. The molecule has 0 N–H and O–H groups in total. The van der Waals surface area contributed by atoms with Crippen molar-refractivity contribution in [2.75, 3.05) is 0 Å². The molecule has 6 heteroatoms. The summed E-state index contributed by atoms with van der Waals surface area (Å²) in [5.41, 5.74) is 0.383. The van der Waals surface area contributed by atoms with E-state index in [1.54, 1.807) is 13.0 Å². The van der Waals surface area contributed by atoms with Gasteiger partial charge < -0.3 is 9.47 Å². The maximum Gasteiger partial charge on any atom is 0.346 e. The minimum absolute atomic E-state index is 0.353. The molecular weight excluding hydrogens is 333 g/mol. The van der Waals surface area contributed by atoms with Crippen molar-refractivity contribution in [3.63, 3.8) is 0 Å². The number of hydrogen-bond donors (Lipinski definition) is 0. The first-order valence-electron chi connectivity index (χ1n) is 7.74. The third kappa shape index (κ3) is 4.41. The smallest absolute Gasteiger partial charge is 0.346 e. The lowest BCUT2D eigenvalue weighted by molar-refractivity contribution is 0.0721. The van der Waals surface area contributed by atoms with E-state index >= 15 is 0 Å². The van der Waals surface area contributed by atoms with Gasteiger partial charge in [0.25, 0.3) is 0 Å². The van der Waals surface area contributed by atoms with E-state index < -0.39 is 29.2 Å². The van der Waals surface area contributed by atoms with Crippen molar-refractivity contribution in [3.05, 3.63) is 71.2 Å². The van der Waals surface area contributed by atoms with E-state index in [9.17, 15) is 18.0 Å². The summed E-state index contributed by atoms with van der Waals surface area (Å²) in [5, 5.41) is 0. The summed E-state index contributed by atoms with van der Waals surface area (Å²) in [7, 11) is 0. The second-order valence-electron chi connectivity index (χ2n) is 5.23. The number of aryl methyl sites for hydroxylation is 1. The van der Waals surface area contributed by atoms with Crippen molar-refractivity contribution in [3.8, 4) is 11.5 Å². The van der Waals surface area contributed by atoms with Gasteiger partial charge >= 0.3 is 5.97 Å². The van der Waals surface area contributed by atoms with Crippen LogP contribution in [0.3, 0.4) is 0 Å². The molecule has 2 aromatic rings. The standard InChI is InChI=1S/C19H17F3O3/c1-3-5-12-6-7-13(14(20)11-12)19(23)25-16-9-8-15(24-10-4-2)17(21)18(16)22/h4,6-11H,3,5H2,1-2H3. The van der Waals surface area contributed by atoms with Gasteiger partial charge in [0.15, 0.2) is 11.5 Å². The molecule has 0 spiro atoms. The van der Waals surface area contributed by atoms with Crippen LogP contribution in [0, 0.1) is 17.5 Å². The molecular formula is C19H17F3O3. The monoisotopic (exact) mass is 350 g/mol. The second-order valence-corrected chi connectivity index (χ2v) is 5.23. The Labute approximate surface area is 143 Å². The molecule has 0 atom stereocenters. The molecule has 0 heterocycles. The molecule has 0 saturated carbocycles. The third-order valence-corrected chi connectivity index (χ3v) is 3.34. The van der Waals surface area contributed by atoms with Crippen molar-refractivity contribution < 1.29 is 27.4 Å². The first kappa shape index (κ1) is 18.6. The van der Waals surface area contributed by atoms with Crippen molar-refractivity contribution in [1.29, 1.82) is 0 Å². The number of esters is 1. The van der Waals surface area contributed by atoms with E-state index in [0.717, 1.165) is 24.1 Å². The van der Waals surface area contributed by atoms with Crippen LogP contribution in [0.25, 0.3) is 0 Å². The summed E-state index contributed by atoms with van der Waals surface area (Å²) in [4.78, 5) is 12.0. The Balaban J connectivity index is 2.22. The van der Waals surface area contributed by atoms with Crippen LogP contribution < -0.4 is 9.47 Å². The van der Waals surface area contributed by atoms with E-state index in [2.05, 4.69) is 0 Å². The molecule has 0 fully saturated rings. The van der Waals surface area contributed by atoms with Crippen LogP contribution in [0.15, 0.2) is 42.7 Å². The fourth-order valence-electron chi connectivity index (χ4n) is 2.15. The summed E-state index contributed by atoms with van der Waals surface area (Å²) < 4.78 is 51.5. The van der Waals surface area contributed by atoms with Gasteiger partial charge in [0.1, 0.15) is 5.82 Å². The quantitative estimate of drug-likeness (QED) is 0.409. The van der Waals surface area contributed by atoms with Gasteiger partial charge in [-0.2, -0.15) is 8.78 Å². The molecule has 0 aliphatic carbocycles. The fourth-order valence-corrected chi connectivity index (χ4v) is 2.15. The molecule has 25 heavy (non-hydrogen) atoms. The molecule has 2 rings (SSSR count). The van der Waals surface area contributed by atoms with E-state index in [4.69, 9.17) is 9.47 Å². The number of carbonyl (C=O) groups is 1. The van der Waals surface area contributed by atoms with Gasteiger partial charge in [-0.3, -0.25) is 0 Å². The van der Waals surface area contributed by atoms with Crippen LogP contribution in [-0.2, 0) is 6.42 Å². The number of halogens is 3. The van der Waals surface area contributed by atoms with Crippen molar-refractivity contribution in [1.82, 2.24) is 0 Å². The normalized spacial score (nSPS) is 10.9. The lowest BCUT2D eigenvalue weighted by atomic mass is 10.1. The highest BCUT2D eigenvalue weighted by molar-refractivity contribution is 5.91. The van der Waals surface area contributed by atoms with Gasteiger partial charge in [0, 0.05) is 0 Å². The van der Waals surface area contributed by atoms with Crippen molar-refractivity contribution in [2.24, 2.45) is 0 Å². The number of allylic oxidation sites excluding steroid dienone is 1. The maximum absolute atomic E-state index is 14.0. The van der Waals surface area contributed by atoms with Crippen LogP contribution in [0.4, 0.5) is 13.2 Å². The topological polar surface area (TPSA) is 35.5 Å². The lowest BCUT2D eigenvalue weighted by Crippen LogP contribution is -2.12. The Morgan fingerprint density at radius 2 is 1.76 bits per heavy atom. The molecule has 0 radical (unpaired) electrons. The zero-order valence-electron chi connectivity index (χ0n) is 13.8. The van der Waals surface area contributed by atoms with Gasteiger partial charge in [0.2, 0.25) is 11.6 Å². The van der Waals surface area contributed by atoms with Crippen LogP contribution in [0.5, 0.6) is 11.5 Å². The molecule has 2 aromatic carbocycles. The first-order valence-corrected chi connectivity index (χ1v) is 7.74. The van der Waals surface area contributed by atoms with Crippen LogP contribution in [0.2, 0.25) is 0 Å². The molecule has 0 bridgehead atoms. The van der Waals surface area contributed by atoms with Gasteiger partial charge in [0.05, 0.1) is 11.8 Å². The molecule has 0 amide bonds. The fraction of sp³-hybridized carbons (Fsp3) is 0.211. The highest BCUT2D eigenvalue weighted by atomic mass is 19.2. The largest absolute Gasteiger partial charge is 0.462 e. The van der Waals surface area contributed by atoms with E-state index in [0.29, 0.717) is 6.42 Å². The Morgan fingerprint density at radius 1 is 1.08 bits per heavy atom. The van der Waals surface area contributed by atoms with E-state index in [1.807, 2.05) is 6.92 Å². The predicted molar refractivity (Wildman–Crippen MR) is 87.2 cm³/mol. The highest BCUT2D eigenvalue weighted by Gasteiger charge is 2.20. The number of hydrogen-bond acceptors (Lipinski definition) is 3. The van der Waals surface area contributed by atoms with Crippen LogP contribution >= 0.6 is 0 Å². The zero-order chi connectivity index (χ0) is 18.4. The van der Waals surface area contributed by atoms with Gasteiger partial charge in [-0.15, -0.1) is 0 Å². The van der Waals surface area contributed by atoms with E-state index in [-0.39, 0.29) is 11.3 Å². The Hall–Kier alpha value is -2.76. The number of benzene rings is 2. The Morgan fingerprint density at radius 3 is 2.40 bits per heavy atom. The van der Waals surface area contributed by atoms with Gasteiger partial charge in [-0.25, -0.2) is 9.18 Å². The average molecular weight is 350 g/mol. The van der Waals surface area contributed by atoms with Crippen molar-refractivity contribution >= 4 is 5.97 Å². The van der Waals surface area contributed by atoms with Gasteiger partial charge in [-0.05, 0) is 43.2 Å². The Bertz CT molecular complexity index is 801. The third-order valence-electron chi connectivity index (χ3n) is 3.34. The van der Waals surface area contributed by atoms with Crippen LogP contribution in [-0.4, -0.2) is 5.97 Å². The second kappa shape index (κ2) is 8.37. The predicted octanol–water partition coefficient (Wildman–Crippen LogP) is 5.19. The number of ether oxygens (including phenoxy) is 2. The molecule has 0 saturated heterocycles. The SMILES string of the molecule is CC=COc1ccc(OC(=O)c2ccc(CCC)cc2F)c(F)c1F. The highest BCUT2D eigenvalue weighted by Crippen LogP contribution is 2.28.